The molecule has 0 saturated carbocycles. The highest BCUT2D eigenvalue weighted by molar-refractivity contribution is 5.79. The van der Waals surface area contributed by atoms with Gasteiger partial charge in [0.15, 0.2) is 6.10 Å². The van der Waals surface area contributed by atoms with Crippen molar-refractivity contribution in [1.29, 1.82) is 5.41 Å². The Labute approximate surface area is 99.5 Å². The van der Waals surface area contributed by atoms with Crippen LogP contribution < -0.4 is 4.74 Å². The Morgan fingerprint density at radius 2 is 2.12 bits per heavy atom. The zero-order valence-electron chi connectivity index (χ0n) is 9.87. The standard InChI is InChI=1S/C12H16FNO3/c1-3-16-10-6-5-8(13)7-9(10)11(15)12(14)17-4-2/h5-7,11,14-15H,3-4H2,1-2H3/t11-/m0/s1. The van der Waals surface area contributed by atoms with Crippen molar-refractivity contribution in [2.45, 2.75) is 20.0 Å². The highest BCUT2D eigenvalue weighted by Gasteiger charge is 2.20. The summed E-state index contributed by atoms with van der Waals surface area (Å²) in [4.78, 5) is 0. The van der Waals surface area contributed by atoms with E-state index in [0.29, 0.717) is 12.4 Å². The third kappa shape index (κ3) is 3.42. The molecule has 2 N–H and O–H groups in total. The van der Waals surface area contributed by atoms with Crippen molar-refractivity contribution in [2.75, 3.05) is 13.2 Å². The van der Waals surface area contributed by atoms with Gasteiger partial charge in [0, 0.05) is 5.56 Å². The van der Waals surface area contributed by atoms with Gasteiger partial charge < -0.3 is 14.6 Å². The largest absolute Gasteiger partial charge is 0.493 e. The van der Waals surface area contributed by atoms with Crippen LogP contribution >= 0.6 is 0 Å². The average Bonchev–Trinajstić information content (AvgIpc) is 2.31. The van der Waals surface area contributed by atoms with Gasteiger partial charge in [-0.2, -0.15) is 0 Å². The molecule has 0 amide bonds. The first kappa shape index (κ1) is 13.4. The van der Waals surface area contributed by atoms with E-state index in [1.807, 2.05) is 0 Å². The zero-order valence-corrected chi connectivity index (χ0v) is 9.87. The van der Waals surface area contributed by atoms with E-state index in [0.717, 1.165) is 6.07 Å². The van der Waals surface area contributed by atoms with Crippen molar-refractivity contribution in [2.24, 2.45) is 0 Å². The van der Waals surface area contributed by atoms with E-state index < -0.39 is 11.9 Å². The van der Waals surface area contributed by atoms with Gasteiger partial charge in [-0.1, -0.05) is 0 Å². The Hall–Kier alpha value is -1.62. The minimum atomic E-state index is -1.31. The Morgan fingerprint density at radius 1 is 1.41 bits per heavy atom. The molecule has 17 heavy (non-hydrogen) atoms. The third-order valence-corrected chi connectivity index (χ3v) is 2.11. The smallest absolute Gasteiger partial charge is 0.215 e. The number of nitrogens with one attached hydrogen (secondary N) is 1. The van der Waals surface area contributed by atoms with Crippen molar-refractivity contribution in [3.63, 3.8) is 0 Å². The normalized spacial score (nSPS) is 12.0. The number of aliphatic hydroxyl groups is 1. The predicted octanol–water partition coefficient (Wildman–Crippen LogP) is 2.27. The molecule has 0 heterocycles. The first-order chi connectivity index (χ1) is 8.10. The van der Waals surface area contributed by atoms with Crippen molar-refractivity contribution in [3.8, 4) is 5.75 Å². The van der Waals surface area contributed by atoms with Gasteiger partial charge in [-0.25, -0.2) is 4.39 Å². The molecule has 0 saturated heterocycles. The van der Waals surface area contributed by atoms with Crippen LogP contribution in [0.3, 0.4) is 0 Å². The summed E-state index contributed by atoms with van der Waals surface area (Å²) in [6.45, 7) is 4.16. The fourth-order valence-electron chi connectivity index (χ4n) is 1.40. The highest BCUT2D eigenvalue weighted by Crippen LogP contribution is 2.27. The summed E-state index contributed by atoms with van der Waals surface area (Å²) in [7, 11) is 0. The SMILES string of the molecule is CCOC(=N)[C@@H](O)c1cc(F)ccc1OCC. The van der Waals surface area contributed by atoms with Crippen molar-refractivity contribution >= 4 is 5.90 Å². The van der Waals surface area contributed by atoms with Gasteiger partial charge >= 0.3 is 0 Å². The minimum Gasteiger partial charge on any atom is -0.493 e. The van der Waals surface area contributed by atoms with E-state index in [2.05, 4.69) is 0 Å². The maximum atomic E-state index is 13.1. The van der Waals surface area contributed by atoms with Crippen LogP contribution in [-0.2, 0) is 4.74 Å². The number of rotatable bonds is 5. The van der Waals surface area contributed by atoms with Gasteiger partial charge in [0.2, 0.25) is 5.90 Å². The number of aliphatic hydroxyl groups excluding tert-OH is 1. The van der Waals surface area contributed by atoms with Crippen LogP contribution in [0.4, 0.5) is 4.39 Å². The molecule has 0 aliphatic heterocycles. The van der Waals surface area contributed by atoms with E-state index in [4.69, 9.17) is 14.9 Å². The minimum absolute atomic E-state index is 0.199. The molecule has 0 unspecified atom stereocenters. The Kier molecular flexibility index (Phi) is 4.90. The topological polar surface area (TPSA) is 62.5 Å². The molecule has 0 radical (unpaired) electrons. The van der Waals surface area contributed by atoms with Gasteiger partial charge in [-0.15, -0.1) is 0 Å². The predicted molar refractivity (Wildman–Crippen MR) is 61.9 cm³/mol. The van der Waals surface area contributed by atoms with Crippen LogP contribution in [0.2, 0.25) is 0 Å². The maximum absolute atomic E-state index is 13.1. The second-order valence-corrected chi connectivity index (χ2v) is 3.31. The number of benzene rings is 1. The quantitative estimate of drug-likeness (QED) is 0.614. The van der Waals surface area contributed by atoms with Crippen LogP contribution in [0.5, 0.6) is 5.75 Å². The summed E-state index contributed by atoms with van der Waals surface area (Å²) in [6.07, 6.45) is -1.31. The summed E-state index contributed by atoms with van der Waals surface area (Å²) < 4.78 is 23.3. The summed E-state index contributed by atoms with van der Waals surface area (Å²) in [6, 6.07) is 3.81. The van der Waals surface area contributed by atoms with E-state index in [1.54, 1.807) is 13.8 Å². The van der Waals surface area contributed by atoms with Gasteiger partial charge in [-0.05, 0) is 32.0 Å². The fourth-order valence-corrected chi connectivity index (χ4v) is 1.40. The number of hydrogen-bond acceptors (Lipinski definition) is 4. The number of hydrogen-bond donors (Lipinski definition) is 2. The fraction of sp³-hybridized carbons (Fsp3) is 0.417. The molecule has 0 fully saturated rings. The van der Waals surface area contributed by atoms with E-state index in [1.165, 1.54) is 12.1 Å². The van der Waals surface area contributed by atoms with Crippen molar-refractivity contribution in [1.82, 2.24) is 0 Å². The van der Waals surface area contributed by atoms with Crippen LogP contribution in [0.1, 0.15) is 25.5 Å². The van der Waals surface area contributed by atoms with Crippen molar-refractivity contribution in [3.05, 3.63) is 29.6 Å². The van der Waals surface area contributed by atoms with Gasteiger partial charge in [0.25, 0.3) is 0 Å². The second kappa shape index (κ2) is 6.20. The zero-order chi connectivity index (χ0) is 12.8. The maximum Gasteiger partial charge on any atom is 0.215 e. The molecule has 0 aliphatic rings. The lowest BCUT2D eigenvalue weighted by Crippen LogP contribution is -2.16. The van der Waals surface area contributed by atoms with E-state index >= 15 is 0 Å². The van der Waals surface area contributed by atoms with Crippen LogP contribution in [0.15, 0.2) is 18.2 Å². The molecule has 94 valence electrons. The number of ether oxygens (including phenoxy) is 2. The summed E-state index contributed by atoms with van der Waals surface area (Å²) in [5, 5.41) is 17.3. The molecule has 0 aromatic heterocycles. The average molecular weight is 241 g/mol. The molecule has 0 aliphatic carbocycles. The summed E-state index contributed by atoms with van der Waals surface area (Å²) >= 11 is 0. The molecule has 1 aromatic rings. The van der Waals surface area contributed by atoms with Crippen LogP contribution in [-0.4, -0.2) is 24.2 Å². The van der Waals surface area contributed by atoms with Gasteiger partial charge in [-0.3, -0.25) is 5.41 Å². The first-order valence-corrected chi connectivity index (χ1v) is 5.41. The lowest BCUT2D eigenvalue weighted by atomic mass is 10.1. The Bertz CT molecular complexity index is 395. The monoisotopic (exact) mass is 241 g/mol. The second-order valence-electron chi connectivity index (χ2n) is 3.31. The van der Waals surface area contributed by atoms with Gasteiger partial charge in [0.05, 0.1) is 13.2 Å². The first-order valence-electron chi connectivity index (χ1n) is 5.41. The molecule has 5 heteroatoms. The molecule has 0 bridgehead atoms. The lowest BCUT2D eigenvalue weighted by molar-refractivity contribution is 0.185. The molecule has 1 atom stereocenters. The molecule has 0 spiro atoms. The van der Waals surface area contributed by atoms with E-state index in [9.17, 15) is 9.50 Å². The van der Waals surface area contributed by atoms with Crippen LogP contribution in [0.25, 0.3) is 0 Å². The molecule has 1 rings (SSSR count). The molecular weight excluding hydrogens is 225 g/mol. The van der Waals surface area contributed by atoms with Crippen LogP contribution in [0, 0.1) is 11.2 Å². The van der Waals surface area contributed by atoms with E-state index in [-0.39, 0.29) is 18.1 Å². The lowest BCUT2D eigenvalue weighted by Gasteiger charge is -2.16. The highest BCUT2D eigenvalue weighted by atomic mass is 19.1. The van der Waals surface area contributed by atoms with Crippen molar-refractivity contribution < 1.29 is 19.0 Å². The third-order valence-electron chi connectivity index (χ3n) is 2.11. The molecule has 4 nitrogen and oxygen atoms in total. The Balaban J connectivity index is 3.01. The summed E-state index contributed by atoms with van der Waals surface area (Å²) in [5.41, 5.74) is 0.199. The summed E-state index contributed by atoms with van der Waals surface area (Å²) in [5.74, 6) is -0.461. The molecular formula is C12H16FNO3. The Morgan fingerprint density at radius 3 is 2.71 bits per heavy atom. The van der Waals surface area contributed by atoms with Gasteiger partial charge in [0.1, 0.15) is 11.6 Å². The molecule has 1 aromatic carbocycles. The number of halogens is 1.